The first-order valence-electron chi connectivity index (χ1n) is 7.12. The largest absolute Gasteiger partial charge is 0.491 e. The molecular formula is C15H16ClF3N2O3. The third-order valence-corrected chi connectivity index (χ3v) is 3.85. The first kappa shape index (κ1) is 18.5. The Bertz CT molecular complexity index is 649. The number of hydrogen-bond donors (Lipinski definition) is 1. The van der Waals surface area contributed by atoms with Gasteiger partial charge >= 0.3 is 12.1 Å². The lowest BCUT2D eigenvalue weighted by atomic mass is 9.98. The summed E-state index contributed by atoms with van der Waals surface area (Å²) in [7, 11) is 0. The van der Waals surface area contributed by atoms with Gasteiger partial charge < -0.3 is 15.0 Å². The maximum Gasteiger partial charge on any atom is 0.491 e. The number of esters is 1. The topological polar surface area (TPSA) is 58.6 Å². The van der Waals surface area contributed by atoms with E-state index in [-0.39, 0.29) is 12.1 Å². The smallest absolute Gasteiger partial charge is 0.433 e. The van der Waals surface area contributed by atoms with Gasteiger partial charge in [-0.2, -0.15) is 13.2 Å². The molecule has 0 radical (unpaired) electrons. The average Bonchev–Trinajstić information content (AvgIpc) is 2.47. The van der Waals surface area contributed by atoms with Crippen molar-refractivity contribution >= 4 is 23.5 Å². The third kappa shape index (κ3) is 3.99. The zero-order valence-electron chi connectivity index (χ0n) is 13.0. The molecule has 9 heteroatoms. The standard InChI is InChI=1S/C15H16ClF3N2O3/c1-14(2)12(24-13(23)15(17,18)19)21(7-6-20-14)11(22)9-4-3-5-10(16)8-9/h3-5,8,12,20H,6-7H2,1-2H3. The highest BCUT2D eigenvalue weighted by Gasteiger charge is 2.48. The lowest BCUT2D eigenvalue weighted by Crippen LogP contribution is -2.66. The number of carbonyl (C=O) groups is 2. The molecular weight excluding hydrogens is 349 g/mol. The predicted octanol–water partition coefficient (Wildman–Crippen LogP) is 2.60. The Balaban J connectivity index is 2.31. The van der Waals surface area contributed by atoms with Gasteiger partial charge in [0.25, 0.3) is 5.91 Å². The Kier molecular flexibility index (Phi) is 5.10. The second kappa shape index (κ2) is 6.60. The summed E-state index contributed by atoms with van der Waals surface area (Å²) in [6.07, 6.45) is -6.55. The van der Waals surface area contributed by atoms with E-state index in [1.165, 1.54) is 12.1 Å². The lowest BCUT2D eigenvalue weighted by Gasteiger charge is -2.45. The van der Waals surface area contributed by atoms with Crippen LogP contribution >= 0.6 is 11.6 Å². The van der Waals surface area contributed by atoms with Crippen LogP contribution in [0.5, 0.6) is 0 Å². The van der Waals surface area contributed by atoms with Gasteiger partial charge in [0.1, 0.15) is 0 Å². The lowest BCUT2D eigenvalue weighted by molar-refractivity contribution is -0.218. The van der Waals surface area contributed by atoms with E-state index in [0.29, 0.717) is 11.6 Å². The fraction of sp³-hybridized carbons (Fsp3) is 0.467. The summed E-state index contributed by atoms with van der Waals surface area (Å²) >= 11 is 5.85. The van der Waals surface area contributed by atoms with E-state index < -0.39 is 29.8 Å². The van der Waals surface area contributed by atoms with Crippen LogP contribution < -0.4 is 5.32 Å². The molecule has 1 heterocycles. The van der Waals surface area contributed by atoms with Crippen LogP contribution in [-0.4, -0.2) is 47.8 Å². The van der Waals surface area contributed by atoms with Gasteiger partial charge in [-0.05, 0) is 32.0 Å². The average molecular weight is 365 g/mol. The number of hydrogen-bond acceptors (Lipinski definition) is 4. The van der Waals surface area contributed by atoms with E-state index in [1.54, 1.807) is 26.0 Å². The summed E-state index contributed by atoms with van der Waals surface area (Å²) in [5.41, 5.74) is -0.846. The minimum absolute atomic E-state index is 0.0879. The molecule has 24 heavy (non-hydrogen) atoms. The number of piperazine rings is 1. The van der Waals surface area contributed by atoms with Gasteiger partial charge in [0.2, 0.25) is 0 Å². The molecule has 0 saturated carbocycles. The van der Waals surface area contributed by atoms with Crippen molar-refractivity contribution in [3.8, 4) is 0 Å². The van der Waals surface area contributed by atoms with Crippen LogP contribution in [0.1, 0.15) is 24.2 Å². The Morgan fingerprint density at radius 3 is 2.62 bits per heavy atom. The van der Waals surface area contributed by atoms with Crippen LogP contribution in [0.4, 0.5) is 13.2 Å². The zero-order valence-corrected chi connectivity index (χ0v) is 13.7. The molecule has 1 amide bonds. The fourth-order valence-corrected chi connectivity index (χ4v) is 2.66. The number of alkyl halides is 3. The Labute approximate surface area is 141 Å². The van der Waals surface area contributed by atoms with Crippen LogP contribution in [0, 0.1) is 0 Å². The van der Waals surface area contributed by atoms with Crippen molar-refractivity contribution in [1.82, 2.24) is 10.2 Å². The third-order valence-electron chi connectivity index (χ3n) is 3.62. The van der Waals surface area contributed by atoms with Crippen LogP contribution in [0.25, 0.3) is 0 Å². The van der Waals surface area contributed by atoms with Crippen molar-refractivity contribution in [1.29, 1.82) is 0 Å². The van der Waals surface area contributed by atoms with E-state index in [4.69, 9.17) is 11.6 Å². The number of nitrogens with zero attached hydrogens (tertiary/aromatic N) is 1. The molecule has 0 aliphatic carbocycles. The number of halogens is 4. The predicted molar refractivity (Wildman–Crippen MR) is 80.5 cm³/mol. The van der Waals surface area contributed by atoms with E-state index >= 15 is 0 Å². The minimum atomic E-state index is -5.14. The van der Waals surface area contributed by atoms with Crippen LogP contribution in [0.2, 0.25) is 5.02 Å². The summed E-state index contributed by atoms with van der Waals surface area (Å²) in [6.45, 7) is 3.54. The Morgan fingerprint density at radius 2 is 2.04 bits per heavy atom. The van der Waals surface area contributed by atoms with Crippen molar-refractivity contribution in [2.75, 3.05) is 13.1 Å². The number of carbonyl (C=O) groups excluding carboxylic acids is 2. The fourth-order valence-electron chi connectivity index (χ4n) is 2.47. The number of rotatable bonds is 2. The highest BCUT2D eigenvalue weighted by atomic mass is 35.5. The number of ether oxygens (including phenoxy) is 1. The molecule has 1 N–H and O–H groups in total. The monoisotopic (exact) mass is 364 g/mol. The molecule has 0 bridgehead atoms. The molecule has 1 aliphatic rings. The molecule has 1 aliphatic heterocycles. The van der Waals surface area contributed by atoms with Gasteiger partial charge in [-0.15, -0.1) is 0 Å². The summed E-state index contributed by atoms with van der Waals surface area (Å²) in [4.78, 5) is 25.0. The van der Waals surface area contributed by atoms with E-state index in [2.05, 4.69) is 10.1 Å². The van der Waals surface area contributed by atoms with E-state index in [0.717, 1.165) is 4.90 Å². The van der Waals surface area contributed by atoms with Gasteiger partial charge in [-0.1, -0.05) is 17.7 Å². The molecule has 2 rings (SSSR count). The van der Waals surface area contributed by atoms with Crippen LogP contribution in [0.3, 0.4) is 0 Å². The number of nitrogens with one attached hydrogen (secondary N) is 1. The Morgan fingerprint density at radius 1 is 1.38 bits per heavy atom. The summed E-state index contributed by atoms with van der Waals surface area (Å²) in [6, 6.07) is 6.02. The maximum atomic E-state index is 12.6. The molecule has 0 aromatic heterocycles. The van der Waals surface area contributed by atoms with Crippen LogP contribution in [0.15, 0.2) is 24.3 Å². The van der Waals surface area contributed by atoms with Crippen LogP contribution in [-0.2, 0) is 9.53 Å². The summed E-state index contributed by atoms with van der Waals surface area (Å²) in [5.74, 6) is -2.90. The molecule has 1 saturated heterocycles. The first-order valence-corrected chi connectivity index (χ1v) is 7.49. The van der Waals surface area contributed by atoms with Crippen molar-refractivity contribution in [3.63, 3.8) is 0 Å². The van der Waals surface area contributed by atoms with Gasteiger partial charge in [0, 0.05) is 23.7 Å². The molecule has 132 valence electrons. The van der Waals surface area contributed by atoms with Crippen molar-refractivity contribution in [2.45, 2.75) is 31.8 Å². The Hall–Kier alpha value is -1.80. The van der Waals surface area contributed by atoms with Gasteiger partial charge in [0.15, 0.2) is 6.23 Å². The molecule has 1 fully saturated rings. The molecule has 1 aromatic rings. The van der Waals surface area contributed by atoms with Crippen molar-refractivity contribution in [3.05, 3.63) is 34.9 Å². The van der Waals surface area contributed by atoms with E-state index in [9.17, 15) is 22.8 Å². The van der Waals surface area contributed by atoms with Crippen molar-refractivity contribution < 1.29 is 27.5 Å². The maximum absolute atomic E-state index is 12.6. The normalized spacial score (nSPS) is 20.6. The quantitative estimate of drug-likeness (QED) is 0.820. The molecule has 0 spiro atoms. The minimum Gasteiger partial charge on any atom is -0.433 e. The summed E-state index contributed by atoms with van der Waals surface area (Å²) < 4.78 is 42.2. The zero-order chi connectivity index (χ0) is 18.1. The number of benzene rings is 1. The highest BCUT2D eigenvalue weighted by molar-refractivity contribution is 6.30. The molecule has 1 atom stereocenters. The SMILES string of the molecule is CC1(C)NCCN(C(=O)c2cccc(Cl)c2)C1OC(=O)C(F)(F)F. The van der Waals surface area contributed by atoms with Crippen molar-refractivity contribution in [2.24, 2.45) is 0 Å². The van der Waals surface area contributed by atoms with E-state index in [1.807, 2.05) is 0 Å². The summed E-state index contributed by atoms with van der Waals surface area (Å²) in [5, 5.41) is 3.27. The molecule has 1 unspecified atom stereocenters. The molecule has 5 nitrogen and oxygen atoms in total. The van der Waals surface area contributed by atoms with Gasteiger partial charge in [0.05, 0.1) is 5.54 Å². The molecule has 1 aromatic carbocycles. The number of amides is 1. The van der Waals surface area contributed by atoms with Gasteiger partial charge in [-0.3, -0.25) is 4.79 Å². The second-order valence-corrected chi connectivity index (χ2v) is 6.35. The first-order chi connectivity index (χ1) is 11.0. The van der Waals surface area contributed by atoms with Gasteiger partial charge in [-0.25, -0.2) is 4.79 Å². The second-order valence-electron chi connectivity index (χ2n) is 5.91. The highest BCUT2D eigenvalue weighted by Crippen LogP contribution is 2.27.